The Morgan fingerprint density at radius 1 is 1.32 bits per heavy atom. The van der Waals surface area contributed by atoms with Gasteiger partial charge >= 0.3 is 0 Å². The second-order valence-corrected chi connectivity index (χ2v) is 7.13. The van der Waals surface area contributed by atoms with Crippen LogP contribution < -0.4 is 15.4 Å². The highest BCUT2D eigenvalue weighted by Gasteiger charge is 2.14. The standard InChI is InChI=1S/C17H26N2O2S/c1-12(2)9-10-21-14-8-6-7-13(11-14)15(20)18-16(22)19-17(3,4)5/h6-8,11-12H,9-10H2,1-5H3,(H2,18,19,20,22). The summed E-state index contributed by atoms with van der Waals surface area (Å²) < 4.78 is 5.66. The molecule has 0 saturated heterocycles. The number of carbonyl (C=O) groups excluding carboxylic acids is 1. The fraction of sp³-hybridized carbons (Fsp3) is 0.529. The zero-order valence-electron chi connectivity index (χ0n) is 14.0. The van der Waals surface area contributed by atoms with Crippen molar-refractivity contribution in [3.8, 4) is 5.75 Å². The number of benzene rings is 1. The largest absolute Gasteiger partial charge is 0.494 e. The van der Waals surface area contributed by atoms with E-state index in [1.54, 1.807) is 18.2 Å². The molecule has 2 N–H and O–H groups in total. The Bertz CT molecular complexity index is 522. The van der Waals surface area contributed by atoms with Gasteiger partial charge in [-0.25, -0.2) is 0 Å². The first kappa shape index (κ1) is 18.4. The van der Waals surface area contributed by atoms with Crippen LogP contribution in [0.3, 0.4) is 0 Å². The lowest BCUT2D eigenvalue weighted by Crippen LogP contribution is -2.48. The predicted octanol–water partition coefficient (Wildman–Crippen LogP) is 3.51. The lowest BCUT2D eigenvalue weighted by Gasteiger charge is -2.22. The zero-order chi connectivity index (χ0) is 16.8. The van der Waals surface area contributed by atoms with Crippen molar-refractivity contribution < 1.29 is 9.53 Å². The lowest BCUT2D eigenvalue weighted by atomic mass is 10.1. The minimum Gasteiger partial charge on any atom is -0.494 e. The maximum Gasteiger partial charge on any atom is 0.257 e. The average molecular weight is 322 g/mol. The number of nitrogens with one attached hydrogen (secondary N) is 2. The summed E-state index contributed by atoms with van der Waals surface area (Å²) in [6.07, 6.45) is 0.982. The summed E-state index contributed by atoms with van der Waals surface area (Å²) in [5.74, 6) is 1.05. The van der Waals surface area contributed by atoms with Gasteiger partial charge in [-0.15, -0.1) is 0 Å². The molecule has 4 nitrogen and oxygen atoms in total. The molecule has 0 aromatic heterocycles. The first-order valence-electron chi connectivity index (χ1n) is 7.54. The van der Waals surface area contributed by atoms with Crippen molar-refractivity contribution in [2.75, 3.05) is 6.61 Å². The van der Waals surface area contributed by atoms with E-state index in [4.69, 9.17) is 17.0 Å². The molecule has 22 heavy (non-hydrogen) atoms. The van der Waals surface area contributed by atoms with E-state index >= 15 is 0 Å². The fourth-order valence-electron chi connectivity index (χ4n) is 1.69. The molecule has 0 saturated carbocycles. The first-order chi connectivity index (χ1) is 10.2. The van der Waals surface area contributed by atoms with Crippen molar-refractivity contribution in [1.82, 2.24) is 10.6 Å². The molecule has 0 heterocycles. The summed E-state index contributed by atoms with van der Waals surface area (Å²) in [6, 6.07) is 7.13. The fourth-order valence-corrected chi connectivity index (χ4v) is 2.09. The van der Waals surface area contributed by atoms with Gasteiger partial charge in [0, 0.05) is 11.1 Å². The number of carbonyl (C=O) groups is 1. The van der Waals surface area contributed by atoms with Gasteiger partial charge < -0.3 is 10.1 Å². The third-order valence-corrected chi connectivity index (χ3v) is 2.98. The van der Waals surface area contributed by atoms with Gasteiger partial charge in [0.1, 0.15) is 5.75 Å². The molecule has 0 aliphatic heterocycles. The Balaban J connectivity index is 2.60. The molecule has 0 fully saturated rings. The molecule has 1 rings (SSSR count). The molecule has 1 aromatic carbocycles. The van der Waals surface area contributed by atoms with E-state index in [0.29, 0.717) is 29.0 Å². The SMILES string of the molecule is CC(C)CCOc1cccc(C(=O)NC(=S)NC(C)(C)C)c1. The minimum atomic E-state index is -0.240. The van der Waals surface area contributed by atoms with Gasteiger partial charge in [0.2, 0.25) is 0 Å². The molecular formula is C17H26N2O2S. The van der Waals surface area contributed by atoms with E-state index in [0.717, 1.165) is 6.42 Å². The van der Waals surface area contributed by atoms with E-state index in [9.17, 15) is 4.79 Å². The Morgan fingerprint density at radius 3 is 2.59 bits per heavy atom. The number of hydrogen-bond donors (Lipinski definition) is 2. The Hall–Kier alpha value is -1.62. The highest BCUT2D eigenvalue weighted by molar-refractivity contribution is 7.80. The third kappa shape index (κ3) is 7.41. The summed E-state index contributed by atoms with van der Waals surface area (Å²) in [4.78, 5) is 12.2. The van der Waals surface area contributed by atoms with Crippen molar-refractivity contribution in [2.45, 2.75) is 46.6 Å². The molecule has 0 atom stereocenters. The average Bonchev–Trinajstić information content (AvgIpc) is 2.36. The second-order valence-electron chi connectivity index (χ2n) is 6.72. The van der Waals surface area contributed by atoms with E-state index in [1.165, 1.54) is 0 Å². The maximum atomic E-state index is 12.2. The van der Waals surface area contributed by atoms with E-state index < -0.39 is 0 Å². The van der Waals surface area contributed by atoms with Crippen LogP contribution in [0.15, 0.2) is 24.3 Å². The number of hydrogen-bond acceptors (Lipinski definition) is 3. The van der Waals surface area contributed by atoms with Gasteiger partial charge in [-0.05, 0) is 63.5 Å². The van der Waals surface area contributed by atoms with Crippen molar-refractivity contribution in [2.24, 2.45) is 5.92 Å². The first-order valence-corrected chi connectivity index (χ1v) is 7.94. The maximum absolute atomic E-state index is 12.2. The van der Waals surface area contributed by atoms with Crippen LogP contribution in [0.4, 0.5) is 0 Å². The van der Waals surface area contributed by atoms with Crippen LogP contribution in [0, 0.1) is 5.92 Å². The van der Waals surface area contributed by atoms with Gasteiger partial charge in [0.15, 0.2) is 5.11 Å². The summed E-state index contributed by atoms with van der Waals surface area (Å²) >= 11 is 5.14. The Kier molecular flexibility index (Phi) is 6.81. The van der Waals surface area contributed by atoms with Crippen LogP contribution in [-0.4, -0.2) is 23.2 Å². The van der Waals surface area contributed by atoms with Gasteiger partial charge in [0.25, 0.3) is 5.91 Å². The third-order valence-electron chi connectivity index (χ3n) is 2.78. The molecular weight excluding hydrogens is 296 g/mol. The molecule has 0 aliphatic carbocycles. The van der Waals surface area contributed by atoms with Gasteiger partial charge in [-0.2, -0.15) is 0 Å². The van der Waals surface area contributed by atoms with Crippen LogP contribution in [0.2, 0.25) is 0 Å². The van der Waals surface area contributed by atoms with E-state index in [1.807, 2.05) is 26.8 Å². The van der Waals surface area contributed by atoms with Crippen molar-refractivity contribution in [1.29, 1.82) is 0 Å². The molecule has 0 bridgehead atoms. The summed E-state index contributed by atoms with van der Waals surface area (Å²) in [5, 5.41) is 6.05. The predicted molar refractivity (Wildman–Crippen MR) is 94.3 cm³/mol. The van der Waals surface area contributed by atoms with Crippen molar-refractivity contribution >= 4 is 23.2 Å². The van der Waals surface area contributed by atoms with Crippen molar-refractivity contribution in [3.63, 3.8) is 0 Å². The highest BCUT2D eigenvalue weighted by atomic mass is 32.1. The van der Waals surface area contributed by atoms with Gasteiger partial charge in [0.05, 0.1) is 6.61 Å². The number of thiocarbonyl (C=S) groups is 1. The Labute approximate surface area is 138 Å². The van der Waals surface area contributed by atoms with Crippen LogP contribution in [0.25, 0.3) is 0 Å². The molecule has 122 valence electrons. The van der Waals surface area contributed by atoms with E-state index in [2.05, 4.69) is 24.5 Å². The molecule has 1 aromatic rings. The topological polar surface area (TPSA) is 50.4 Å². The van der Waals surface area contributed by atoms with Crippen molar-refractivity contribution in [3.05, 3.63) is 29.8 Å². The number of rotatable bonds is 5. The molecule has 1 amide bonds. The molecule has 0 unspecified atom stereocenters. The quantitative estimate of drug-likeness (QED) is 0.815. The second kappa shape index (κ2) is 8.13. The van der Waals surface area contributed by atoms with Gasteiger partial charge in [-0.1, -0.05) is 19.9 Å². The van der Waals surface area contributed by atoms with E-state index in [-0.39, 0.29) is 11.4 Å². The number of amides is 1. The molecule has 0 spiro atoms. The van der Waals surface area contributed by atoms with Crippen LogP contribution in [0.5, 0.6) is 5.75 Å². The normalized spacial score (nSPS) is 11.2. The summed E-state index contributed by atoms with van der Waals surface area (Å²) in [5.41, 5.74) is 0.340. The number of ether oxygens (including phenoxy) is 1. The van der Waals surface area contributed by atoms with Crippen LogP contribution in [0.1, 0.15) is 51.4 Å². The summed E-state index contributed by atoms with van der Waals surface area (Å²) in [7, 11) is 0. The van der Waals surface area contributed by atoms with Crippen LogP contribution in [-0.2, 0) is 0 Å². The molecule has 0 radical (unpaired) electrons. The lowest BCUT2D eigenvalue weighted by molar-refractivity contribution is 0.0975. The van der Waals surface area contributed by atoms with Crippen LogP contribution >= 0.6 is 12.2 Å². The zero-order valence-corrected chi connectivity index (χ0v) is 14.8. The smallest absolute Gasteiger partial charge is 0.257 e. The highest BCUT2D eigenvalue weighted by Crippen LogP contribution is 2.14. The molecule has 5 heteroatoms. The monoisotopic (exact) mass is 322 g/mol. The minimum absolute atomic E-state index is 0.188. The summed E-state index contributed by atoms with van der Waals surface area (Å²) in [6.45, 7) is 10.9. The molecule has 0 aliphatic rings. The Morgan fingerprint density at radius 2 is 2.00 bits per heavy atom. The van der Waals surface area contributed by atoms with Gasteiger partial charge in [-0.3, -0.25) is 10.1 Å².